The molecule has 0 saturated carbocycles. The third-order valence-corrected chi connectivity index (χ3v) is 3.96. The molecule has 0 spiro atoms. The number of rotatable bonds is 4. The lowest BCUT2D eigenvalue weighted by Gasteiger charge is -2.20. The van der Waals surface area contributed by atoms with Crippen LogP contribution in [0.2, 0.25) is 5.02 Å². The highest BCUT2D eigenvalue weighted by atomic mass is 35.5. The molecule has 1 aromatic carbocycles. The van der Waals surface area contributed by atoms with Crippen LogP contribution < -0.4 is 5.32 Å². The molecule has 0 radical (unpaired) electrons. The molecule has 0 saturated heterocycles. The molecular formula is C17H20ClNO3. The Labute approximate surface area is 135 Å². The van der Waals surface area contributed by atoms with Gasteiger partial charge in [-0.25, -0.2) is 0 Å². The van der Waals surface area contributed by atoms with E-state index in [0.717, 1.165) is 18.4 Å². The third-order valence-electron chi connectivity index (χ3n) is 3.72. The van der Waals surface area contributed by atoms with E-state index in [-0.39, 0.29) is 17.8 Å². The van der Waals surface area contributed by atoms with E-state index < -0.39 is 6.10 Å². The standard InChI is InChI=1S/C17H20ClNO3/c1-11-8-9-14(18)10-15(11)19-16(20)12(2)22-17(21)13-6-4-3-5-7-13/h3-4,8-10,12-13H,5-7H2,1-2H3,(H,19,20)/t12-,13-/m1/s1. The number of hydrogen-bond donors (Lipinski definition) is 1. The number of benzene rings is 1. The molecule has 0 heterocycles. The number of nitrogens with one attached hydrogen (secondary N) is 1. The summed E-state index contributed by atoms with van der Waals surface area (Å²) in [5.41, 5.74) is 1.52. The SMILES string of the molecule is Cc1ccc(Cl)cc1NC(=O)[C@@H](C)OC(=O)[C@@H]1CC=CCC1. The summed E-state index contributed by atoms with van der Waals surface area (Å²) < 4.78 is 5.28. The number of carbonyl (C=O) groups is 2. The molecule has 1 amide bonds. The van der Waals surface area contributed by atoms with Crippen molar-refractivity contribution in [1.29, 1.82) is 0 Å². The molecule has 2 atom stereocenters. The summed E-state index contributed by atoms with van der Waals surface area (Å²) in [5.74, 6) is -0.812. The molecule has 5 heteroatoms. The zero-order chi connectivity index (χ0) is 16.1. The lowest BCUT2D eigenvalue weighted by atomic mass is 9.95. The highest BCUT2D eigenvalue weighted by Crippen LogP contribution is 2.22. The monoisotopic (exact) mass is 321 g/mol. The Kier molecular flexibility index (Phi) is 5.61. The zero-order valence-electron chi connectivity index (χ0n) is 12.8. The number of anilines is 1. The molecule has 0 fully saturated rings. The maximum Gasteiger partial charge on any atom is 0.310 e. The van der Waals surface area contributed by atoms with Crippen LogP contribution in [0.4, 0.5) is 5.69 Å². The summed E-state index contributed by atoms with van der Waals surface area (Å²) >= 11 is 5.92. The average molecular weight is 322 g/mol. The maximum atomic E-state index is 12.1. The van der Waals surface area contributed by atoms with Crippen molar-refractivity contribution in [3.8, 4) is 0 Å². The zero-order valence-corrected chi connectivity index (χ0v) is 13.5. The summed E-state index contributed by atoms with van der Waals surface area (Å²) in [4.78, 5) is 24.2. The van der Waals surface area contributed by atoms with Gasteiger partial charge in [-0.2, -0.15) is 0 Å². The first-order valence-corrected chi connectivity index (χ1v) is 7.77. The van der Waals surface area contributed by atoms with Gasteiger partial charge in [0.2, 0.25) is 0 Å². The van der Waals surface area contributed by atoms with E-state index in [1.54, 1.807) is 19.1 Å². The molecule has 1 aliphatic carbocycles. The number of amides is 1. The maximum absolute atomic E-state index is 12.1. The molecule has 0 unspecified atom stereocenters. The Morgan fingerprint density at radius 1 is 1.36 bits per heavy atom. The number of aryl methyl sites for hydroxylation is 1. The quantitative estimate of drug-likeness (QED) is 0.676. The van der Waals surface area contributed by atoms with Crippen molar-refractivity contribution >= 4 is 29.2 Å². The largest absolute Gasteiger partial charge is 0.452 e. The van der Waals surface area contributed by atoms with Crippen molar-refractivity contribution in [1.82, 2.24) is 0 Å². The minimum absolute atomic E-state index is 0.145. The van der Waals surface area contributed by atoms with Crippen LogP contribution in [0, 0.1) is 12.8 Å². The summed E-state index contributed by atoms with van der Waals surface area (Å²) in [6.45, 7) is 3.45. The van der Waals surface area contributed by atoms with Crippen LogP contribution in [0.1, 0.15) is 31.7 Å². The molecule has 4 nitrogen and oxygen atoms in total. The predicted octanol–water partition coefficient (Wildman–Crippen LogP) is 3.87. The highest BCUT2D eigenvalue weighted by molar-refractivity contribution is 6.31. The number of halogens is 1. The second-order valence-corrected chi connectivity index (χ2v) is 5.95. The minimum atomic E-state index is -0.836. The van der Waals surface area contributed by atoms with Gasteiger partial charge in [-0.3, -0.25) is 9.59 Å². The van der Waals surface area contributed by atoms with Crippen molar-refractivity contribution in [3.05, 3.63) is 40.9 Å². The topological polar surface area (TPSA) is 55.4 Å². The van der Waals surface area contributed by atoms with Crippen LogP contribution in [0.25, 0.3) is 0 Å². The van der Waals surface area contributed by atoms with Gasteiger partial charge < -0.3 is 10.1 Å². The van der Waals surface area contributed by atoms with E-state index in [1.807, 2.05) is 19.1 Å². The first-order valence-electron chi connectivity index (χ1n) is 7.40. The van der Waals surface area contributed by atoms with Gasteiger partial charge in [0.1, 0.15) is 0 Å². The molecule has 22 heavy (non-hydrogen) atoms. The van der Waals surface area contributed by atoms with Crippen LogP contribution >= 0.6 is 11.6 Å². The summed E-state index contributed by atoms with van der Waals surface area (Å²) in [7, 11) is 0. The van der Waals surface area contributed by atoms with Crippen LogP contribution in [0.3, 0.4) is 0 Å². The van der Waals surface area contributed by atoms with Gasteiger partial charge in [0.25, 0.3) is 5.91 Å². The van der Waals surface area contributed by atoms with Crippen molar-refractivity contribution < 1.29 is 14.3 Å². The first kappa shape index (κ1) is 16.6. The van der Waals surface area contributed by atoms with E-state index in [9.17, 15) is 9.59 Å². The highest BCUT2D eigenvalue weighted by Gasteiger charge is 2.25. The van der Waals surface area contributed by atoms with Gasteiger partial charge in [0.15, 0.2) is 6.10 Å². The molecule has 1 N–H and O–H groups in total. The van der Waals surface area contributed by atoms with E-state index in [4.69, 9.17) is 16.3 Å². The number of esters is 1. The predicted molar refractivity (Wildman–Crippen MR) is 86.9 cm³/mol. The van der Waals surface area contributed by atoms with Gasteiger partial charge in [0.05, 0.1) is 5.92 Å². The first-order chi connectivity index (χ1) is 10.5. The number of ether oxygens (including phenoxy) is 1. The fourth-order valence-corrected chi connectivity index (χ4v) is 2.47. The van der Waals surface area contributed by atoms with E-state index in [1.165, 1.54) is 0 Å². The molecule has 0 bridgehead atoms. The van der Waals surface area contributed by atoms with Crippen molar-refractivity contribution in [2.75, 3.05) is 5.32 Å². The number of allylic oxidation sites excluding steroid dienone is 2. The van der Waals surface area contributed by atoms with Crippen LogP contribution in [0.15, 0.2) is 30.4 Å². The van der Waals surface area contributed by atoms with Gasteiger partial charge >= 0.3 is 5.97 Å². The fraction of sp³-hybridized carbons (Fsp3) is 0.412. The van der Waals surface area contributed by atoms with Gasteiger partial charge in [-0.1, -0.05) is 29.8 Å². The molecule has 2 rings (SSSR count). The Hall–Kier alpha value is -1.81. The second kappa shape index (κ2) is 7.45. The Morgan fingerprint density at radius 3 is 2.82 bits per heavy atom. The van der Waals surface area contributed by atoms with E-state index in [0.29, 0.717) is 17.1 Å². The van der Waals surface area contributed by atoms with Crippen molar-refractivity contribution in [2.45, 2.75) is 39.2 Å². The Balaban J connectivity index is 1.93. The second-order valence-electron chi connectivity index (χ2n) is 5.51. The molecule has 0 aromatic heterocycles. The van der Waals surface area contributed by atoms with Crippen LogP contribution in [0.5, 0.6) is 0 Å². The number of carbonyl (C=O) groups excluding carboxylic acids is 2. The molecule has 0 aliphatic heterocycles. The fourth-order valence-electron chi connectivity index (χ4n) is 2.29. The lowest BCUT2D eigenvalue weighted by Crippen LogP contribution is -2.32. The summed E-state index contributed by atoms with van der Waals surface area (Å²) in [6.07, 6.45) is 5.54. The van der Waals surface area contributed by atoms with Gasteiger partial charge in [-0.15, -0.1) is 0 Å². The van der Waals surface area contributed by atoms with E-state index >= 15 is 0 Å². The van der Waals surface area contributed by atoms with Crippen LogP contribution in [-0.4, -0.2) is 18.0 Å². The number of hydrogen-bond acceptors (Lipinski definition) is 3. The molecule has 118 valence electrons. The Morgan fingerprint density at radius 2 is 2.14 bits per heavy atom. The van der Waals surface area contributed by atoms with Crippen LogP contribution in [-0.2, 0) is 14.3 Å². The molecule has 1 aliphatic rings. The van der Waals surface area contributed by atoms with Crippen molar-refractivity contribution in [3.63, 3.8) is 0 Å². The van der Waals surface area contributed by atoms with Crippen molar-refractivity contribution in [2.24, 2.45) is 5.92 Å². The summed E-state index contributed by atoms with van der Waals surface area (Å²) in [6, 6.07) is 5.25. The average Bonchev–Trinajstić information content (AvgIpc) is 2.51. The van der Waals surface area contributed by atoms with Gasteiger partial charge in [0, 0.05) is 10.7 Å². The third kappa shape index (κ3) is 4.34. The van der Waals surface area contributed by atoms with E-state index in [2.05, 4.69) is 11.4 Å². The smallest absolute Gasteiger partial charge is 0.310 e. The van der Waals surface area contributed by atoms with Gasteiger partial charge in [-0.05, 0) is 50.8 Å². The summed E-state index contributed by atoms with van der Waals surface area (Å²) in [5, 5.41) is 3.29. The Bertz CT molecular complexity index is 598. The lowest BCUT2D eigenvalue weighted by molar-refractivity contribution is -0.157. The minimum Gasteiger partial charge on any atom is -0.452 e. The molecular weight excluding hydrogens is 302 g/mol. The normalized spacial score (nSPS) is 18.6. The molecule has 1 aromatic rings.